The molecule has 0 spiro atoms. The summed E-state index contributed by atoms with van der Waals surface area (Å²) < 4.78 is 13.6. The molecule has 0 aliphatic rings. The average molecular weight is 440 g/mol. The van der Waals surface area contributed by atoms with Crippen LogP contribution in [-0.4, -0.2) is 18.2 Å². The highest BCUT2D eigenvalue weighted by atomic mass is 127. The fourth-order valence-corrected chi connectivity index (χ4v) is 3.53. The number of thioether (sulfide) groups is 1. The second-order valence-corrected chi connectivity index (χ2v) is 6.97. The zero-order valence-corrected chi connectivity index (χ0v) is 15.2. The van der Waals surface area contributed by atoms with E-state index in [4.69, 9.17) is 5.26 Å². The first-order valence-electron chi connectivity index (χ1n) is 6.91. The zero-order chi connectivity index (χ0) is 16.7. The quantitative estimate of drug-likeness (QED) is 0.547. The molecule has 0 heterocycles. The maximum atomic E-state index is 13.0. The number of amides is 1. The summed E-state index contributed by atoms with van der Waals surface area (Å²) in [6.45, 7) is 0.520. The minimum atomic E-state index is -0.349. The van der Waals surface area contributed by atoms with Crippen molar-refractivity contribution in [3.8, 4) is 6.07 Å². The van der Waals surface area contributed by atoms with Crippen LogP contribution in [0.25, 0.3) is 0 Å². The van der Waals surface area contributed by atoms with Crippen LogP contribution in [0.2, 0.25) is 0 Å². The SMILES string of the molecule is N#Cc1ccccc1CSCCNC(=O)c1ccc(F)cc1I. The van der Waals surface area contributed by atoms with Crippen LogP contribution in [0.15, 0.2) is 42.5 Å². The van der Waals surface area contributed by atoms with E-state index in [2.05, 4.69) is 11.4 Å². The van der Waals surface area contributed by atoms with Crippen molar-refractivity contribution >= 4 is 40.3 Å². The second kappa shape index (κ2) is 8.89. The van der Waals surface area contributed by atoms with Crippen molar-refractivity contribution in [1.82, 2.24) is 5.32 Å². The third kappa shape index (κ3) is 5.22. The summed E-state index contributed by atoms with van der Waals surface area (Å²) in [4.78, 5) is 12.0. The Hall–Kier alpha value is -1.59. The highest BCUT2D eigenvalue weighted by Crippen LogP contribution is 2.16. The van der Waals surface area contributed by atoms with Gasteiger partial charge in [0.2, 0.25) is 0 Å². The molecule has 0 saturated carbocycles. The van der Waals surface area contributed by atoms with E-state index in [0.29, 0.717) is 21.2 Å². The predicted molar refractivity (Wildman–Crippen MR) is 98.8 cm³/mol. The molecule has 0 atom stereocenters. The van der Waals surface area contributed by atoms with Gasteiger partial charge in [0.15, 0.2) is 0 Å². The Morgan fingerprint density at radius 2 is 2.09 bits per heavy atom. The molecule has 0 saturated heterocycles. The van der Waals surface area contributed by atoms with Gasteiger partial charge in [-0.1, -0.05) is 18.2 Å². The molecule has 0 unspecified atom stereocenters. The van der Waals surface area contributed by atoms with Crippen molar-refractivity contribution < 1.29 is 9.18 Å². The van der Waals surface area contributed by atoms with Crippen LogP contribution in [0.1, 0.15) is 21.5 Å². The molecule has 0 fully saturated rings. The Balaban J connectivity index is 1.77. The normalized spacial score (nSPS) is 10.1. The maximum absolute atomic E-state index is 13.0. The Bertz CT molecular complexity index is 746. The zero-order valence-electron chi connectivity index (χ0n) is 12.2. The molecule has 1 amide bonds. The van der Waals surface area contributed by atoms with E-state index < -0.39 is 0 Å². The van der Waals surface area contributed by atoms with Gasteiger partial charge in [0.05, 0.1) is 17.2 Å². The largest absolute Gasteiger partial charge is 0.351 e. The molecule has 2 rings (SSSR count). The molecule has 0 aliphatic carbocycles. The first kappa shape index (κ1) is 17.8. The molecule has 1 N–H and O–H groups in total. The van der Waals surface area contributed by atoms with E-state index in [1.807, 2.05) is 40.8 Å². The van der Waals surface area contributed by atoms with E-state index in [0.717, 1.165) is 17.1 Å². The van der Waals surface area contributed by atoms with E-state index >= 15 is 0 Å². The van der Waals surface area contributed by atoms with Gasteiger partial charge >= 0.3 is 0 Å². The van der Waals surface area contributed by atoms with Crippen LogP contribution >= 0.6 is 34.4 Å². The second-order valence-electron chi connectivity index (χ2n) is 4.70. The minimum absolute atomic E-state index is 0.201. The van der Waals surface area contributed by atoms with Gasteiger partial charge in [-0.25, -0.2) is 4.39 Å². The van der Waals surface area contributed by atoms with Crippen molar-refractivity contribution in [1.29, 1.82) is 5.26 Å². The van der Waals surface area contributed by atoms with E-state index in [1.165, 1.54) is 18.2 Å². The molecule has 0 aliphatic heterocycles. The summed E-state index contributed by atoms with van der Waals surface area (Å²) in [7, 11) is 0. The molecule has 3 nitrogen and oxygen atoms in total. The van der Waals surface area contributed by atoms with Crippen LogP contribution in [-0.2, 0) is 5.75 Å². The van der Waals surface area contributed by atoms with Crippen molar-refractivity contribution in [2.45, 2.75) is 5.75 Å². The lowest BCUT2D eigenvalue weighted by molar-refractivity contribution is 0.0955. The van der Waals surface area contributed by atoms with E-state index in [-0.39, 0.29) is 11.7 Å². The number of nitriles is 1. The number of benzene rings is 2. The smallest absolute Gasteiger partial charge is 0.252 e. The summed E-state index contributed by atoms with van der Waals surface area (Å²) in [6.07, 6.45) is 0. The summed E-state index contributed by atoms with van der Waals surface area (Å²) in [5, 5.41) is 11.8. The van der Waals surface area contributed by atoms with Gasteiger partial charge in [-0.2, -0.15) is 17.0 Å². The fourth-order valence-electron chi connectivity index (χ4n) is 1.94. The lowest BCUT2D eigenvalue weighted by Crippen LogP contribution is -2.26. The minimum Gasteiger partial charge on any atom is -0.351 e. The van der Waals surface area contributed by atoms with Gasteiger partial charge in [-0.3, -0.25) is 4.79 Å². The lowest BCUT2D eigenvalue weighted by Gasteiger charge is -2.07. The first-order chi connectivity index (χ1) is 11.1. The highest BCUT2D eigenvalue weighted by molar-refractivity contribution is 14.1. The Labute approximate surface area is 152 Å². The Kier molecular flexibility index (Phi) is 6.86. The van der Waals surface area contributed by atoms with Gasteiger partial charge in [-0.15, -0.1) is 0 Å². The van der Waals surface area contributed by atoms with Crippen molar-refractivity contribution in [3.63, 3.8) is 0 Å². The molecule has 118 valence electrons. The standard InChI is InChI=1S/C17H14FIN2OS/c18-14-5-6-15(16(19)9-14)17(22)21-7-8-23-11-13-4-2-1-3-12(13)10-20/h1-6,9H,7-8,11H2,(H,21,22). The molecule has 6 heteroatoms. The predicted octanol–water partition coefficient (Wildman–Crippen LogP) is 3.97. The van der Waals surface area contributed by atoms with Gasteiger partial charge < -0.3 is 5.32 Å². The molecule has 2 aromatic rings. The molecule has 0 bridgehead atoms. The molecule has 0 radical (unpaired) electrons. The number of hydrogen-bond acceptors (Lipinski definition) is 3. The third-order valence-electron chi connectivity index (χ3n) is 3.10. The van der Waals surface area contributed by atoms with Crippen molar-refractivity contribution in [3.05, 3.63) is 68.5 Å². The number of rotatable bonds is 6. The number of halogens is 2. The molecular formula is C17H14FIN2OS. The van der Waals surface area contributed by atoms with Crippen LogP contribution in [0.3, 0.4) is 0 Å². The van der Waals surface area contributed by atoms with Crippen LogP contribution in [0.4, 0.5) is 4.39 Å². The fraction of sp³-hybridized carbons (Fsp3) is 0.176. The van der Waals surface area contributed by atoms with Crippen molar-refractivity contribution in [2.24, 2.45) is 0 Å². The number of carbonyl (C=O) groups excluding carboxylic acids is 1. The number of nitrogens with zero attached hydrogens (tertiary/aromatic N) is 1. The summed E-state index contributed by atoms with van der Waals surface area (Å²) >= 11 is 3.60. The lowest BCUT2D eigenvalue weighted by atomic mass is 10.1. The summed E-state index contributed by atoms with van der Waals surface area (Å²) in [6, 6.07) is 13.8. The van der Waals surface area contributed by atoms with E-state index in [1.54, 1.807) is 17.8 Å². The number of hydrogen-bond donors (Lipinski definition) is 1. The Morgan fingerprint density at radius 3 is 2.83 bits per heavy atom. The Morgan fingerprint density at radius 1 is 1.30 bits per heavy atom. The molecule has 2 aromatic carbocycles. The summed E-state index contributed by atoms with van der Waals surface area (Å²) in [5.74, 6) is 0.918. The number of nitrogens with one attached hydrogen (secondary N) is 1. The molecule has 23 heavy (non-hydrogen) atoms. The van der Waals surface area contributed by atoms with Gasteiger partial charge in [-0.05, 0) is 52.4 Å². The maximum Gasteiger partial charge on any atom is 0.252 e. The van der Waals surface area contributed by atoms with Crippen LogP contribution in [0.5, 0.6) is 0 Å². The number of carbonyl (C=O) groups is 1. The van der Waals surface area contributed by atoms with Crippen LogP contribution in [0, 0.1) is 20.7 Å². The first-order valence-corrected chi connectivity index (χ1v) is 9.14. The third-order valence-corrected chi connectivity index (χ3v) is 5.00. The van der Waals surface area contributed by atoms with E-state index in [9.17, 15) is 9.18 Å². The topological polar surface area (TPSA) is 52.9 Å². The monoisotopic (exact) mass is 440 g/mol. The van der Waals surface area contributed by atoms with Gasteiger partial charge in [0.1, 0.15) is 5.82 Å². The van der Waals surface area contributed by atoms with Gasteiger partial charge in [0.25, 0.3) is 5.91 Å². The molecular weight excluding hydrogens is 426 g/mol. The highest BCUT2D eigenvalue weighted by Gasteiger charge is 2.10. The average Bonchev–Trinajstić information content (AvgIpc) is 2.54. The van der Waals surface area contributed by atoms with Crippen molar-refractivity contribution in [2.75, 3.05) is 12.3 Å². The molecule has 0 aromatic heterocycles. The van der Waals surface area contributed by atoms with Gasteiger partial charge in [0, 0.05) is 21.6 Å². The van der Waals surface area contributed by atoms with Crippen LogP contribution < -0.4 is 5.32 Å². The summed E-state index contributed by atoms with van der Waals surface area (Å²) in [5.41, 5.74) is 2.16.